The number of aliphatic hydroxyl groups excluding tert-OH is 1. The number of aromatic nitrogens is 2. The number of hydrogen-bond acceptors (Lipinski definition) is 9. The number of piperazine rings is 2. The van der Waals surface area contributed by atoms with Crippen LogP contribution in [0.5, 0.6) is 0 Å². The zero-order chi connectivity index (χ0) is 21.7. The van der Waals surface area contributed by atoms with Gasteiger partial charge >= 0.3 is 0 Å². The number of aliphatic hydroxyl groups is 1. The van der Waals surface area contributed by atoms with E-state index in [2.05, 4.69) is 24.9 Å². The summed E-state index contributed by atoms with van der Waals surface area (Å²) in [5.41, 5.74) is 0. The molecule has 0 spiro atoms. The van der Waals surface area contributed by atoms with Gasteiger partial charge in [0.15, 0.2) is 11.6 Å². The lowest BCUT2D eigenvalue weighted by Crippen LogP contribution is -2.51. The maximum absolute atomic E-state index is 12.3. The predicted molar refractivity (Wildman–Crippen MR) is 114 cm³/mol. The number of carbonyl (C=O) groups excluding carboxylic acids is 1. The van der Waals surface area contributed by atoms with Crippen molar-refractivity contribution in [3.05, 3.63) is 12.1 Å². The summed E-state index contributed by atoms with van der Waals surface area (Å²) < 4.78 is 24.0. The first-order valence-electron chi connectivity index (χ1n) is 10.1. The molecule has 0 aliphatic carbocycles. The summed E-state index contributed by atoms with van der Waals surface area (Å²) in [6, 6.07) is 3.93. The first kappa shape index (κ1) is 22.7. The standard InChI is InChI=1S/C18H31N7O4S/c1-21(30(2,28)29)15-18(27)25-11-9-24(10-12-25)17-4-3-16(19-20-17)23-7-5-22(6-8-23)13-14-26/h3-4,26H,5-15H2,1-2H3. The molecule has 168 valence electrons. The van der Waals surface area contributed by atoms with E-state index in [-0.39, 0.29) is 19.1 Å². The van der Waals surface area contributed by atoms with Crippen LogP contribution in [0, 0.1) is 0 Å². The maximum atomic E-state index is 12.3. The quantitative estimate of drug-likeness (QED) is 0.520. The normalized spacial score (nSPS) is 18.9. The van der Waals surface area contributed by atoms with E-state index in [1.807, 2.05) is 12.1 Å². The molecule has 11 nitrogen and oxygen atoms in total. The third-order valence-corrected chi connectivity index (χ3v) is 6.89. The van der Waals surface area contributed by atoms with Crippen LogP contribution < -0.4 is 9.80 Å². The van der Waals surface area contributed by atoms with Gasteiger partial charge in [0, 0.05) is 66.0 Å². The average Bonchev–Trinajstić information content (AvgIpc) is 2.74. The van der Waals surface area contributed by atoms with Crippen LogP contribution >= 0.6 is 0 Å². The van der Waals surface area contributed by atoms with Crippen LogP contribution in [0.1, 0.15) is 0 Å². The Morgan fingerprint density at radius 3 is 1.93 bits per heavy atom. The number of carbonyl (C=O) groups is 1. The Morgan fingerprint density at radius 2 is 1.50 bits per heavy atom. The van der Waals surface area contributed by atoms with Gasteiger partial charge in [-0.05, 0) is 12.1 Å². The molecular weight excluding hydrogens is 410 g/mol. The molecule has 0 saturated carbocycles. The van der Waals surface area contributed by atoms with Crippen LogP contribution in [0.4, 0.5) is 11.6 Å². The highest BCUT2D eigenvalue weighted by atomic mass is 32.2. The summed E-state index contributed by atoms with van der Waals surface area (Å²) in [6.45, 7) is 6.55. The molecule has 0 aromatic carbocycles. The largest absolute Gasteiger partial charge is 0.395 e. The number of rotatable bonds is 7. The molecule has 2 aliphatic rings. The number of nitrogens with zero attached hydrogens (tertiary/aromatic N) is 7. The van der Waals surface area contributed by atoms with E-state index in [1.165, 1.54) is 7.05 Å². The summed E-state index contributed by atoms with van der Waals surface area (Å²) in [7, 11) is -1.96. The van der Waals surface area contributed by atoms with Crippen LogP contribution in [0.3, 0.4) is 0 Å². The lowest BCUT2D eigenvalue weighted by atomic mass is 10.3. The molecule has 3 heterocycles. The number of hydrogen-bond donors (Lipinski definition) is 1. The second-order valence-corrected chi connectivity index (χ2v) is 9.78. The Labute approximate surface area is 177 Å². The highest BCUT2D eigenvalue weighted by Gasteiger charge is 2.25. The van der Waals surface area contributed by atoms with E-state index < -0.39 is 10.0 Å². The summed E-state index contributed by atoms with van der Waals surface area (Å²) in [4.78, 5) is 20.5. The summed E-state index contributed by atoms with van der Waals surface area (Å²) in [6.07, 6.45) is 1.09. The molecule has 1 amide bonds. The lowest BCUT2D eigenvalue weighted by molar-refractivity contribution is -0.131. The second-order valence-electron chi connectivity index (χ2n) is 7.69. The molecule has 0 radical (unpaired) electrons. The topological polar surface area (TPSA) is 113 Å². The van der Waals surface area contributed by atoms with Gasteiger partial charge in [0.25, 0.3) is 0 Å². The molecule has 1 aromatic heterocycles. The third kappa shape index (κ3) is 5.78. The highest BCUT2D eigenvalue weighted by molar-refractivity contribution is 7.88. The van der Waals surface area contributed by atoms with Crippen molar-refractivity contribution in [3.63, 3.8) is 0 Å². The van der Waals surface area contributed by atoms with Crippen molar-refractivity contribution < 1.29 is 18.3 Å². The van der Waals surface area contributed by atoms with Crippen LogP contribution in [0.25, 0.3) is 0 Å². The number of anilines is 2. The van der Waals surface area contributed by atoms with Crippen molar-refractivity contribution in [2.75, 3.05) is 95.2 Å². The molecule has 2 aliphatic heterocycles. The molecule has 1 N–H and O–H groups in total. The average molecular weight is 442 g/mol. The minimum absolute atomic E-state index is 0.140. The van der Waals surface area contributed by atoms with Gasteiger partial charge < -0.3 is 19.8 Å². The molecule has 30 heavy (non-hydrogen) atoms. The van der Waals surface area contributed by atoms with Crippen molar-refractivity contribution in [1.82, 2.24) is 24.3 Å². The fraction of sp³-hybridized carbons (Fsp3) is 0.722. The second kappa shape index (κ2) is 9.86. The molecule has 3 rings (SSSR count). The highest BCUT2D eigenvalue weighted by Crippen LogP contribution is 2.18. The fourth-order valence-electron chi connectivity index (χ4n) is 3.59. The first-order chi connectivity index (χ1) is 14.3. The molecular formula is C18H31N7O4S. The van der Waals surface area contributed by atoms with E-state index in [0.29, 0.717) is 32.7 Å². The van der Waals surface area contributed by atoms with Gasteiger partial charge in [0.1, 0.15) is 0 Å². The monoisotopic (exact) mass is 441 g/mol. The zero-order valence-corrected chi connectivity index (χ0v) is 18.5. The van der Waals surface area contributed by atoms with Gasteiger partial charge in [-0.15, -0.1) is 10.2 Å². The van der Waals surface area contributed by atoms with Crippen molar-refractivity contribution in [2.24, 2.45) is 0 Å². The van der Waals surface area contributed by atoms with Gasteiger partial charge in [-0.1, -0.05) is 0 Å². The van der Waals surface area contributed by atoms with Crippen LogP contribution in [0.15, 0.2) is 12.1 Å². The summed E-state index contributed by atoms with van der Waals surface area (Å²) in [5.74, 6) is 1.43. The predicted octanol–water partition coefficient (Wildman–Crippen LogP) is -1.87. The van der Waals surface area contributed by atoms with E-state index in [0.717, 1.165) is 48.4 Å². The minimum atomic E-state index is -3.37. The van der Waals surface area contributed by atoms with Crippen molar-refractivity contribution in [3.8, 4) is 0 Å². The fourth-order valence-corrected chi connectivity index (χ4v) is 3.94. The molecule has 2 fully saturated rings. The van der Waals surface area contributed by atoms with Crippen LogP contribution in [-0.2, 0) is 14.8 Å². The van der Waals surface area contributed by atoms with Crippen molar-refractivity contribution in [2.45, 2.75) is 0 Å². The van der Waals surface area contributed by atoms with E-state index in [1.54, 1.807) is 4.90 Å². The van der Waals surface area contributed by atoms with Gasteiger partial charge in [-0.25, -0.2) is 8.42 Å². The summed E-state index contributed by atoms with van der Waals surface area (Å²) >= 11 is 0. The first-order valence-corrected chi connectivity index (χ1v) is 12.0. The van der Waals surface area contributed by atoms with Gasteiger partial charge in [-0.2, -0.15) is 4.31 Å². The Morgan fingerprint density at radius 1 is 1.00 bits per heavy atom. The third-order valence-electron chi connectivity index (χ3n) is 5.63. The molecule has 0 atom stereocenters. The van der Waals surface area contributed by atoms with Crippen molar-refractivity contribution in [1.29, 1.82) is 0 Å². The van der Waals surface area contributed by atoms with Gasteiger partial charge in [-0.3, -0.25) is 9.69 Å². The number of amides is 1. The Kier molecular flexibility index (Phi) is 7.45. The minimum Gasteiger partial charge on any atom is -0.395 e. The Hall–Kier alpha value is -2.02. The molecule has 1 aromatic rings. The number of β-amino-alcohol motifs (C(OH)–C–C–N with tert-alkyl or cyclic N) is 1. The molecule has 0 bridgehead atoms. The SMILES string of the molecule is CN(CC(=O)N1CCN(c2ccc(N3CCN(CCO)CC3)nn2)CC1)S(C)(=O)=O. The number of likely N-dealkylation sites (N-methyl/N-ethyl adjacent to an activating group) is 1. The van der Waals surface area contributed by atoms with E-state index in [4.69, 9.17) is 5.11 Å². The summed E-state index contributed by atoms with van der Waals surface area (Å²) in [5, 5.41) is 17.8. The Balaban J connectivity index is 1.49. The zero-order valence-electron chi connectivity index (χ0n) is 17.6. The Bertz CT molecular complexity index is 804. The van der Waals surface area contributed by atoms with E-state index >= 15 is 0 Å². The molecule has 2 saturated heterocycles. The van der Waals surface area contributed by atoms with E-state index in [9.17, 15) is 13.2 Å². The number of sulfonamides is 1. The molecule has 12 heteroatoms. The van der Waals surface area contributed by atoms with Crippen LogP contribution in [0.2, 0.25) is 0 Å². The maximum Gasteiger partial charge on any atom is 0.238 e. The lowest BCUT2D eigenvalue weighted by Gasteiger charge is -2.36. The smallest absolute Gasteiger partial charge is 0.238 e. The van der Waals surface area contributed by atoms with Crippen molar-refractivity contribution >= 4 is 27.6 Å². The molecule has 0 unspecified atom stereocenters. The van der Waals surface area contributed by atoms with Gasteiger partial charge in [0.05, 0.1) is 19.4 Å². The van der Waals surface area contributed by atoms with Gasteiger partial charge in [0.2, 0.25) is 15.9 Å². The van der Waals surface area contributed by atoms with Crippen LogP contribution in [-0.4, -0.2) is 129 Å².